The first-order valence-electron chi connectivity index (χ1n) is 9.18. The number of benzene rings is 1. The van der Waals surface area contributed by atoms with Gasteiger partial charge in [0.1, 0.15) is 12.0 Å². The Labute approximate surface area is 157 Å². The predicted molar refractivity (Wildman–Crippen MR) is 101 cm³/mol. The summed E-state index contributed by atoms with van der Waals surface area (Å²) < 4.78 is 12.8. The van der Waals surface area contributed by atoms with E-state index in [1.165, 1.54) is 11.8 Å². The lowest BCUT2D eigenvalue weighted by Gasteiger charge is -2.25. The SMILES string of the molecule is Cc1ccc2c(c1)c(CNC(=O)c1coc(CN3CCOCC3)c1)nn2C. The van der Waals surface area contributed by atoms with Crippen molar-refractivity contribution in [3.63, 3.8) is 0 Å². The smallest absolute Gasteiger partial charge is 0.254 e. The quantitative estimate of drug-likeness (QED) is 0.748. The average molecular weight is 368 g/mol. The number of carbonyl (C=O) groups excluding carboxylic acids is 1. The number of fused-ring (bicyclic) bond motifs is 1. The fourth-order valence-electron chi connectivity index (χ4n) is 3.41. The monoisotopic (exact) mass is 368 g/mol. The minimum Gasteiger partial charge on any atom is -0.467 e. The largest absolute Gasteiger partial charge is 0.467 e. The Kier molecular flexibility index (Phi) is 4.96. The summed E-state index contributed by atoms with van der Waals surface area (Å²) in [7, 11) is 1.91. The van der Waals surface area contributed by atoms with Crippen molar-refractivity contribution < 1.29 is 13.9 Å². The standard InChI is InChI=1S/C20H24N4O3/c1-14-3-4-19-17(9-14)18(22-23(19)2)11-21-20(25)15-10-16(27-13-15)12-24-5-7-26-8-6-24/h3-4,9-10,13H,5-8,11-12H2,1-2H3,(H,21,25). The van der Waals surface area contributed by atoms with Crippen LogP contribution < -0.4 is 5.32 Å². The molecule has 0 saturated carbocycles. The van der Waals surface area contributed by atoms with Crippen LogP contribution in [0.25, 0.3) is 10.9 Å². The number of nitrogens with one attached hydrogen (secondary N) is 1. The lowest BCUT2D eigenvalue weighted by atomic mass is 10.1. The van der Waals surface area contributed by atoms with E-state index in [9.17, 15) is 4.79 Å². The molecule has 0 spiro atoms. The van der Waals surface area contributed by atoms with Crippen LogP contribution >= 0.6 is 0 Å². The Morgan fingerprint density at radius 2 is 2.07 bits per heavy atom. The van der Waals surface area contributed by atoms with Crippen molar-refractivity contribution >= 4 is 16.8 Å². The summed E-state index contributed by atoms with van der Waals surface area (Å²) in [5, 5.41) is 8.56. The molecule has 2 aromatic heterocycles. The number of carbonyl (C=O) groups is 1. The molecule has 0 radical (unpaired) electrons. The van der Waals surface area contributed by atoms with Crippen LogP contribution in [-0.4, -0.2) is 46.9 Å². The highest BCUT2D eigenvalue weighted by Crippen LogP contribution is 2.19. The summed E-state index contributed by atoms with van der Waals surface area (Å²) in [5.74, 6) is 0.638. The third-order valence-corrected chi connectivity index (χ3v) is 4.90. The van der Waals surface area contributed by atoms with Crippen molar-refractivity contribution in [3.05, 3.63) is 53.1 Å². The van der Waals surface area contributed by atoms with Gasteiger partial charge in [-0.2, -0.15) is 5.10 Å². The molecule has 0 atom stereocenters. The molecule has 0 unspecified atom stereocenters. The molecule has 0 bridgehead atoms. The van der Waals surface area contributed by atoms with Gasteiger partial charge in [-0.3, -0.25) is 14.4 Å². The lowest BCUT2D eigenvalue weighted by molar-refractivity contribution is 0.0313. The van der Waals surface area contributed by atoms with Gasteiger partial charge in [0.2, 0.25) is 0 Å². The highest BCUT2D eigenvalue weighted by atomic mass is 16.5. The minimum absolute atomic E-state index is 0.154. The van der Waals surface area contributed by atoms with E-state index in [0.717, 1.165) is 48.7 Å². The van der Waals surface area contributed by atoms with Gasteiger partial charge in [-0.1, -0.05) is 11.6 Å². The molecule has 27 heavy (non-hydrogen) atoms. The fourth-order valence-corrected chi connectivity index (χ4v) is 3.41. The second kappa shape index (κ2) is 7.54. The molecule has 1 aliphatic rings. The summed E-state index contributed by atoms with van der Waals surface area (Å²) in [6.45, 7) is 6.38. The molecule has 7 heteroatoms. The van der Waals surface area contributed by atoms with Gasteiger partial charge in [0, 0.05) is 25.5 Å². The number of aryl methyl sites for hydroxylation is 2. The molecular weight excluding hydrogens is 344 g/mol. The van der Waals surface area contributed by atoms with Crippen molar-refractivity contribution in [1.82, 2.24) is 20.0 Å². The number of rotatable bonds is 5. The summed E-state index contributed by atoms with van der Waals surface area (Å²) in [6.07, 6.45) is 1.52. The lowest BCUT2D eigenvalue weighted by Crippen LogP contribution is -2.35. The van der Waals surface area contributed by atoms with Gasteiger partial charge in [0.25, 0.3) is 5.91 Å². The van der Waals surface area contributed by atoms with E-state index in [0.29, 0.717) is 18.7 Å². The number of morpholine rings is 1. The first-order chi connectivity index (χ1) is 13.1. The van der Waals surface area contributed by atoms with Crippen molar-refractivity contribution in [3.8, 4) is 0 Å². The molecule has 7 nitrogen and oxygen atoms in total. The topological polar surface area (TPSA) is 72.5 Å². The van der Waals surface area contributed by atoms with E-state index >= 15 is 0 Å². The summed E-state index contributed by atoms with van der Waals surface area (Å²) in [5.41, 5.74) is 3.63. The average Bonchev–Trinajstić information content (AvgIpc) is 3.25. The number of hydrogen-bond donors (Lipinski definition) is 1. The molecule has 3 aromatic rings. The van der Waals surface area contributed by atoms with Gasteiger partial charge in [0.15, 0.2) is 0 Å². The number of ether oxygens (including phenoxy) is 1. The number of furan rings is 1. The van der Waals surface area contributed by atoms with Gasteiger partial charge in [-0.05, 0) is 25.1 Å². The van der Waals surface area contributed by atoms with Gasteiger partial charge in [0.05, 0.1) is 43.1 Å². The maximum absolute atomic E-state index is 12.5. The molecule has 1 saturated heterocycles. The van der Waals surface area contributed by atoms with E-state index in [1.54, 1.807) is 0 Å². The normalized spacial score (nSPS) is 15.3. The molecule has 3 heterocycles. The first kappa shape index (κ1) is 17.8. The zero-order chi connectivity index (χ0) is 18.8. The minimum atomic E-state index is -0.154. The van der Waals surface area contributed by atoms with Crippen molar-refractivity contribution in [2.45, 2.75) is 20.0 Å². The molecule has 142 valence electrons. The molecule has 4 rings (SSSR count). The predicted octanol–water partition coefficient (Wildman–Crippen LogP) is 2.24. The number of aromatic nitrogens is 2. The van der Waals surface area contributed by atoms with E-state index in [2.05, 4.69) is 40.4 Å². The molecular formula is C20H24N4O3. The maximum Gasteiger partial charge on any atom is 0.254 e. The van der Waals surface area contributed by atoms with Crippen molar-refractivity contribution in [2.24, 2.45) is 7.05 Å². The summed E-state index contributed by atoms with van der Waals surface area (Å²) in [6, 6.07) is 8.03. The van der Waals surface area contributed by atoms with Crippen LogP contribution in [0.1, 0.15) is 27.4 Å². The van der Waals surface area contributed by atoms with E-state index in [-0.39, 0.29) is 5.91 Å². The maximum atomic E-state index is 12.5. The van der Waals surface area contributed by atoms with E-state index in [4.69, 9.17) is 9.15 Å². The zero-order valence-electron chi connectivity index (χ0n) is 15.7. The molecule has 1 aromatic carbocycles. The van der Waals surface area contributed by atoms with Crippen LogP contribution in [-0.2, 0) is 24.9 Å². The number of nitrogens with zero attached hydrogens (tertiary/aromatic N) is 3. The third kappa shape index (κ3) is 3.89. The van der Waals surface area contributed by atoms with Crippen LogP contribution in [0, 0.1) is 6.92 Å². The molecule has 1 amide bonds. The van der Waals surface area contributed by atoms with Crippen molar-refractivity contribution in [2.75, 3.05) is 26.3 Å². The Hall–Kier alpha value is -2.64. The van der Waals surface area contributed by atoms with Crippen LogP contribution in [0.3, 0.4) is 0 Å². The van der Waals surface area contributed by atoms with Gasteiger partial charge in [-0.25, -0.2) is 0 Å². The Morgan fingerprint density at radius 3 is 2.89 bits per heavy atom. The first-order valence-corrected chi connectivity index (χ1v) is 9.18. The third-order valence-electron chi connectivity index (χ3n) is 4.90. The highest BCUT2D eigenvalue weighted by Gasteiger charge is 2.16. The number of amides is 1. The van der Waals surface area contributed by atoms with E-state index < -0.39 is 0 Å². The Bertz CT molecular complexity index is 953. The van der Waals surface area contributed by atoms with Crippen LogP contribution in [0.2, 0.25) is 0 Å². The summed E-state index contributed by atoms with van der Waals surface area (Å²) in [4.78, 5) is 14.8. The zero-order valence-corrected chi connectivity index (χ0v) is 15.7. The van der Waals surface area contributed by atoms with Gasteiger partial charge >= 0.3 is 0 Å². The fraction of sp³-hybridized carbons (Fsp3) is 0.400. The van der Waals surface area contributed by atoms with Crippen LogP contribution in [0.5, 0.6) is 0 Å². The molecule has 1 fully saturated rings. The van der Waals surface area contributed by atoms with E-state index in [1.807, 2.05) is 17.8 Å². The second-order valence-electron chi connectivity index (χ2n) is 6.96. The van der Waals surface area contributed by atoms with Gasteiger partial charge < -0.3 is 14.5 Å². The second-order valence-corrected chi connectivity index (χ2v) is 6.96. The highest BCUT2D eigenvalue weighted by molar-refractivity contribution is 5.94. The molecule has 1 N–H and O–H groups in total. The Balaban J connectivity index is 1.40. The molecule has 1 aliphatic heterocycles. The number of hydrogen-bond acceptors (Lipinski definition) is 5. The Morgan fingerprint density at radius 1 is 1.26 bits per heavy atom. The van der Waals surface area contributed by atoms with Crippen LogP contribution in [0.4, 0.5) is 0 Å². The summed E-state index contributed by atoms with van der Waals surface area (Å²) >= 11 is 0. The van der Waals surface area contributed by atoms with Crippen LogP contribution in [0.15, 0.2) is 34.9 Å². The van der Waals surface area contributed by atoms with Crippen molar-refractivity contribution in [1.29, 1.82) is 0 Å². The molecule has 0 aliphatic carbocycles. The van der Waals surface area contributed by atoms with Gasteiger partial charge in [-0.15, -0.1) is 0 Å².